The van der Waals surface area contributed by atoms with E-state index < -0.39 is 0 Å². The van der Waals surface area contributed by atoms with E-state index in [1.54, 1.807) is 0 Å². The highest BCUT2D eigenvalue weighted by molar-refractivity contribution is 4.87. The summed E-state index contributed by atoms with van der Waals surface area (Å²) in [6.07, 6.45) is 9.80. The molecule has 0 aromatic carbocycles. The molecule has 1 saturated heterocycles. The summed E-state index contributed by atoms with van der Waals surface area (Å²) in [5, 5.41) is 7.08. The second kappa shape index (κ2) is 6.66. The number of nitrogens with one attached hydrogen (secondary N) is 3. The zero-order valence-corrected chi connectivity index (χ0v) is 9.84. The van der Waals surface area contributed by atoms with E-state index in [0.717, 1.165) is 31.8 Å². The van der Waals surface area contributed by atoms with Crippen molar-refractivity contribution in [2.45, 2.75) is 38.1 Å². The van der Waals surface area contributed by atoms with E-state index in [1.165, 1.54) is 25.8 Å². The Kier molecular flexibility index (Phi) is 4.83. The minimum atomic E-state index is 0.714. The molecule has 1 fully saturated rings. The Morgan fingerprint density at radius 2 is 2.38 bits per heavy atom. The summed E-state index contributed by atoms with van der Waals surface area (Å²) in [6.45, 7) is 3.45. The van der Waals surface area contributed by atoms with E-state index in [1.807, 2.05) is 12.4 Å². The highest BCUT2D eigenvalue weighted by atomic mass is 14.9. The molecular weight excluding hydrogens is 200 g/mol. The van der Waals surface area contributed by atoms with Gasteiger partial charge in [-0.15, -0.1) is 0 Å². The van der Waals surface area contributed by atoms with Gasteiger partial charge in [-0.1, -0.05) is 0 Å². The number of aryl methyl sites for hydroxylation is 1. The average Bonchev–Trinajstić information content (AvgIpc) is 2.68. The predicted octanol–water partition coefficient (Wildman–Crippen LogP) is 1.07. The number of aromatic amines is 1. The lowest BCUT2D eigenvalue weighted by Gasteiger charge is -2.15. The third-order valence-corrected chi connectivity index (χ3v) is 3.15. The van der Waals surface area contributed by atoms with E-state index >= 15 is 0 Å². The normalized spacial score (nSPS) is 21.9. The molecule has 4 nitrogen and oxygen atoms in total. The standard InChI is InChI=1S/C12H22N4/c1-3-11(5-8-13-6-1)14-7-2-4-12-15-9-10-16-12/h9-11,13-14H,1-8H2,(H,15,16). The minimum Gasteiger partial charge on any atom is -0.349 e. The monoisotopic (exact) mass is 222 g/mol. The first-order valence-corrected chi connectivity index (χ1v) is 6.37. The summed E-state index contributed by atoms with van der Waals surface area (Å²) in [6, 6.07) is 0.714. The van der Waals surface area contributed by atoms with Gasteiger partial charge in [-0.2, -0.15) is 0 Å². The Bertz CT molecular complexity index is 263. The summed E-state index contributed by atoms with van der Waals surface area (Å²) in [5.41, 5.74) is 0. The molecule has 0 spiro atoms. The Hall–Kier alpha value is -0.870. The van der Waals surface area contributed by atoms with Gasteiger partial charge in [0.25, 0.3) is 0 Å². The molecular formula is C12H22N4. The Balaban J connectivity index is 1.56. The van der Waals surface area contributed by atoms with E-state index in [2.05, 4.69) is 20.6 Å². The molecule has 90 valence electrons. The first-order valence-electron chi connectivity index (χ1n) is 6.37. The van der Waals surface area contributed by atoms with Crippen molar-refractivity contribution in [1.82, 2.24) is 20.6 Å². The summed E-state index contributed by atoms with van der Waals surface area (Å²) in [5.74, 6) is 1.10. The smallest absolute Gasteiger partial charge is 0.106 e. The predicted molar refractivity (Wildman–Crippen MR) is 65.4 cm³/mol. The molecule has 1 atom stereocenters. The van der Waals surface area contributed by atoms with E-state index in [4.69, 9.17) is 0 Å². The van der Waals surface area contributed by atoms with Crippen LogP contribution in [-0.2, 0) is 6.42 Å². The van der Waals surface area contributed by atoms with Crippen LogP contribution in [0.3, 0.4) is 0 Å². The molecule has 1 unspecified atom stereocenters. The number of H-pyrrole nitrogens is 1. The van der Waals surface area contributed by atoms with Crippen LogP contribution >= 0.6 is 0 Å². The maximum atomic E-state index is 4.22. The van der Waals surface area contributed by atoms with Crippen molar-refractivity contribution < 1.29 is 0 Å². The van der Waals surface area contributed by atoms with E-state index in [9.17, 15) is 0 Å². The lowest BCUT2D eigenvalue weighted by atomic mass is 10.1. The summed E-state index contributed by atoms with van der Waals surface area (Å²) in [7, 11) is 0. The summed E-state index contributed by atoms with van der Waals surface area (Å²) in [4.78, 5) is 7.36. The maximum Gasteiger partial charge on any atom is 0.106 e. The van der Waals surface area contributed by atoms with Crippen LogP contribution in [0, 0.1) is 0 Å². The highest BCUT2D eigenvalue weighted by Gasteiger charge is 2.10. The van der Waals surface area contributed by atoms with E-state index in [-0.39, 0.29) is 0 Å². The van der Waals surface area contributed by atoms with Crippen LogP contribution in [0.25, 0.3) is 0 Å². The van der Waals surface area contributed by atoms with Crippen molar-refractivity contribution in [2.75, 3.05) is 19.6 Å². The lowest BCUT2D eigenvalue weighted by Crippen LogP contribution is -2.31. The quantitative estimate of drug-likeness (QED) is 0.653. The van der Waals surface area contributed by atoms with Crippen molar-refractivity contribution in [3.8, 4) is 0 Å². The summed E-state index contributed by atoms with van der Waals surface area (Å²) < 4.78 is 0. The number of hydrogen-bond donors (Lipinski definition) is 3. The third-order valence-electron chi connectivity index (χ3n) is 3.15. The molecule has 3 N–H and O–H groups in total. The van der Waals surface area contributed by atoms with Crippen LogP contribution in [0.15, 0.2) is 12.4 Å². The second-order valence-corrected chi connectivity index (χ2v) is 4.47. The molecule has 0 amide bonds. The van der Waals surface area contributed by atoms with Crippen LogP contribution in [0.4, 0.5) is 0 Å². The van der Waals surface area contributed by atoms with Crippen LogP contribution < -0.4 is 10.6 Å². The van der Waals surface area contributed by atoms with Gasteiger partial charge in [0.2, 0.25) is 0 Å². The molecule has 0 saturated carbocycles. The molecule has 4 heteroatoms. The molecule has 1 aliphatic rings. The van der Waals surface area contributed by atoms with Gasteiger partial charge in [0.15, 0.2) is 0 Å². The van der Waals surface area contributed by atoms with Crippen molar-refractivity contribution in [2.24, 2.45) is 0 Å². The molecule has 0 bridgehead atoms. The zero-order valence-electron chi connectivity index (χ0n) is 9.84. The number of imidazole rings is 1. The Morgan fingerprint density at radius 3 is 3.25 bits per heavy atom. The lowest BCUT2D eigenvalue weighted by molar-refractivity contribution is 0.463. The number of aromatic nitrogens is 2. The topological polar surface area (TPSA) is 52.7 Å². The fourth-order valence-electron chi connectivity index (χ4n) is 2.22. The SMILES string of the molecule is c1c[nH]c(CCCNC2CCCNCC2)n1. The van der Waals surface area contributed by atoms with Crippen molar-refractivity contribution in [1.29, 1.82) is 0 Å². The number of nitrogens with zero attached hydrogens (tertiary/aromatic N) is 1. The number of rotatable bonds is 5. The maximum absolute atomic E-state index is 4.22. The van der Waals surface area contributed by atoms with Crippen LogP contribution in [0.2, 0.25) is 0 Å². The van der Waals surface area contributed by atoms with Gasteiger partial charge >= 0.3 is 0 Å². The Labute approximate surface area is 97.2 Å². The first kappa shape index (κ1) is 11.6. The van der Waals surface area contributed by atoms with Gasteiger partial charge in [-0.05, 0) is 45.3 Å². The third kappa shape index (κ3) is 3.94. The second-order valence-electron chi connectivity index (χ2n) is 4.47. The summed E-state index contributed by atoms with van der Waals surface area (Å²) >= 11 is 0. The van der Waals surface area contributed by atoms with Crippen LogP contribution in [0.5, 0.6) is 0 Å². The molecule has 1 aromatic heterocycles. The van der Waals surface area contributed by atoms with Gasteiger partial charge in [0, 0.05) is 24.9 Å². The van der Waals surface area contributed by atoms with Gasteiger partial charge in [0.05, 0.1) is 0 Å². The molecule has 1 aromatic rings. The zero-order chi connectivity index (χ0) is 11.1. The molecule has 0 radical (unpaired) electrons. The first-order chi connectivity index (χ1) is 7.95. The minimum absolute atomic E-state index is 0.714. The van der Waals surface area contributed by atoms with E-state index in [0.29, 0.717) is 6.04 Å². The van der Waals surface area contributed by atoms with Crippen molar-refractivity contribution in [3.05, 3.63) is 18.2 Å². The average molecular weight is 222 g/mol. The largest absolute Gasteiger partial charge is 0.349 e. The van der Waals surface area contributed by atoms with Gasteiger partial charge in [-0.3, -0.25) is 0 Å². The van der Waals surface area contributed by atoms with Crippen molar-refractivity contribution in [3.63, 3.8) is 0 Å². The fraction of sp³-hybridized carbons (Fsp3) is 0.750. The highest BCUT2D eigenvalue weighted by Crippen LogP contribution is 2.05. The molecule has 2 rings (SSSR count). The fourth-order valence-corrected chi connectivity index (χ4v) is 2.22. The molecule has 0 aliphatic carbocycles. The number of hydrogen-bond acceptors (Lipinski definition) is 3. The van der Waals surface area contributed by atoms with Crippen LogP contribution in [-0.4, -0.2) is 35.6 Å². The Morgan fingerprint density at radius 1 is 1.38 bits per heavy atom. The molecule has 2 heterocycles. The molecule has 16 heavy (non-hydrogen) atoms. The molecule has 1 aliphatic heterocycles. The van der Waals surface area contributed by atoms with Crippen molar-refractivity contribution >= 4 is 0 Å². The van der Waals surface area contributed by atoms with Crippen LogP contribution in [0.1, 0.15) is 31.5 Å². The van der Waals surface area contributed by atoms with Gasteiger partial charge < -0.3 is 15.6 Å². The van der Waals surface area contributed by atoms with Gasteiger partial charge in [0.1, 0.15) is 5.82 Å². The van der Waals surface area contributed by atoms with Gasteiger partial charge in [-0.25, -0.2) is 4.98 Å².